The highest BCUT2D eigenvalue weighted by Gasteiger charge is 2.14. The number of hydrogen-bond acceptors (Lipinski definition) is 7. The van der Waals surface area contributed by atoms with E-state index in [-0.39, 0.29) is 11.5 Å². The lowest BCUT2D eigenvalue weighted by Crippen LogP contribution is -2.18. The van der Waals surface area contributed by atoms with Gasteiger partial charge in [0.15, 0.2) is 17.3 Å². The average molecular weight is 576 g/mol. The molecule has 4 aromatic rings. The molecule has 10 heteroatoms. The van der Waals surface area contributed by atoms with Crippen molar-refractivity contribution in [3.63, 3.8) is 0 Å². The summed E-state index contributed by atoms with van der Waals surface area (Å²) in [6.07, 6.45) is 2.83. The van der Waals surface area contributed by atoms with Crippen molar-refractivity contribution in [1.29, 1.82) is 0 Å². The van der Waals surface area contributed by atoms with Crippen LogP contribution in [0.4, 0.5) is 5.69 Å². The first-order valence-electron chi connectivity index (χ1n) is 11.5. The molecule has 0 bridgehead atoms. The van der Waals surface area contributed by atoms with Gasteiger partial charge in [-0.05, 0) is 85.3 Å². The molecule has 0 spiro atoms. The number of ether oxygens (including phenoxy) is 2. The number of anilines is 1. The minimum absolute atomic E-state index is 0.157. The molecule has 9 nitrogen and oxygen atoms in total. The van der Waals surface area contributed by atoms with Crippen molar-refractivity contribution >= 4 is 45.6 Å². The van der Waals surface area contributed by atoms with Crippen LogP contribution >= 0.6 is 15.9 Å². The third-order valence-electron chi connectivity index (χ3n) is 5.06. The molecule has 0 aliphatic heterocycles. The van der Waals surface area contributed by atoms with E-state index in [9.17, 15) is 14.4 Å². The molecule has 0 saturated carbocycles. The second kappa shape index (κ2) is 12.5. The molecule has 1 heterocycles. The first-order chi connectivity index (χ1) is 18.4. The van der Waals surface area contributed by atoms with Crippen LogP contribution in [0.2, 0.25) is 0 Å². The monoisotopic (exact) mass is 575 g/mol. The number of hydrazone groups is 1. The first-order valence-corrected chi connectivity index (χ1v) is 12.2. The van der Waals surface area contributed by atoms with Crippen molar-refractivity contribution < 1.29 is 28.3 Å². The van der Waals surface area contributed by atoms with Gasteiger partial charge in [0.1, 0.15) is 0 Å². The highest BCUT2D eigenvalue weighted by molar-refractivity contribution is 9.10. The van der Waals surface area contributed by atoms with Gasteiger partial charge in [-0.15, -0.1) is 0 Å². The highest BCUT2D eigenvalue weighted by Crippen LogP contribution is 2.29. The summed E-state index contributed by atoms with van der Waals surface area (Å²) in [6.45, 7) is 2.17. The second-order valence-corrected chi connectivity index (χ2v) is 8.66. The summed E-state index contributed by atoms with van der Waals surface area (Å²) in [5, 5.41) is 6.67. The summed E-state index contributed by atoms with van der Waals surface area (Å²) in [5.41, 5.74) is 4.18. The molecule has 0 atom stereocenters. The second-order valence-electron chi connectivity index (χ2n) is 7.75. The van der Waals surface area contributed by atoms with Crippen LogP contribution in [0.3, 0.4) is 0 Å². The summed E-state index contributed by atoms with van der Waals surface area (Å²) in [7, 11) is 0. The van der Waals surface area contributed by atoms with Crippen molar-refractivity contribution in [3.05, 3.63) is 112 Å². The lowest BCUT2D eigenvalue weighted by Gasteiger charge is -2.11. The van der Waals surface area contributed by atoms with Gasteiger partial charge in [0, 0.05) is 15.7 Å². The lowest BCUT2D eigenvalue weighted by atomic mass is 10.2. The van der Waals surface area contributed by atoms with E-state index in [1.807, 2.05) is 6.92 Å². The van der Waals surface area contributed by atoms with Crippen LogP contribution in [0.5, 0.6) is 11.5 Å². The molecule has 0 radical (unpaired) electrons. The van der Waals surface area contributed by atoms with Crippen LogP contribution in [0.15, 0.2) is 99.1 Å². The number of furan rings is 1. The fourth-order valence-corrected chi connectivity index (χ4v) is 3.54. The van der Waals surface area contributed by atoms with E-state index in [1.54, 1.807) is 66.7 Å². The molecule has 0 aliphatic rings. The normalized spacial score (nSPS) is 10.7. The first kappa shape index (κ1) is 26.4. The molecule has 0 aliphatic carbocycles. The van der Waals surface area contributed by atoms with E-state index in [0.29, 0.717) is 34.7 Å². The van der Waals surface area contributed by atoms with Crippen LogP contribution in [0, 0.1) is 0 Å². The lowest BCUT2D eigenvalue weighted by molar-refractivity contribution is 0.0728. The Hall–Kier alpha value is -4.70. The molecule has 2 amide bonds. The van der Waals surface area contributed by atoms with Gasteiger partial charge < -0.3 is 19.2 Å². The molecular weight excluding hydrogens is 554 g/mol. The smallest absolute Gasteiger partial charge is 0.343 e. The molecule has 192 valence electrons. The van der Waals surface area contributed by atoms with Gasteiger partial charge in [0.05, 0.1) is 24.6 Å². The van der Waals surface area contributed by atoms with E-state index in [1.165, 1.54) is 24.6 Å². The van der Waals surface area contributed by atoms with Gasteiger partial charge >= 0.3 is 5.97 Å². The Kier molecular flexibility index (Phi) is 8.68. The van der Waals surface area contributed by atoms with Gasteiger partial charge in [0.25, 0.3) is 11.8 Å². The fraction of sp³-hybridized carbons (Fsp3) is 0.0714. The molecule has 1 aromatic heterocycles. The third kappa shape index (κ3) is 6.95. The van der Waals surface area contributed by atoms with Gasteiger partial charge in [-0.25, -0.2) is 10.2 Å². The highest BCUT2D eigenvalue weighted by atomic mass is 79.9. The standard InChI is InChI=1S/C28H22BrN3O6/c1-2-36-25-15-18(8-13-23(25)38-28(35)19-9-11-21(29)12-10-19)17-30-32-26(33)20-5-3-6-22(16-20)31-27(34)24-7-4-14-37-24/h3-17H,2H2,1H3,(H,31,34)(H,32,33). The molecule has 4 rings (SSSR count). The molecule has 0 fully saturated rings. The Morgan fingerprint density at radius 2 is 1.74 bits per heavy atom. The van der Waals surface area contributed by atoms with Gasteiger partial charge in [-0.1, -0.05) is 22.0 Å². The number of amides is 2. The van der Waals surface area contributed by atoms with Crippen LogP contribution in [-0.2, 0) is 0 Å². The third-order valence-corrected chi connectivity index (χ3v) is 5.59. The Balaban J connectivity index is 1.39. The minimum Gasteiger partial charge on any atom is -0.490 e. The van der Waals surface area contributed by atoms with Crippen molar-refractivity contribution in [2.75, 3.05) is 11.9 Å². The predicted octanol–water partition coefficient (Wildman–Crippen LogP) is 5.68. The fourth-order valence-electron chi connectivity index (χ4n) is 3.27. The molecular formula is C28H22BrN3O6. The number of carbonyl (C=O) groups excluding carboxylic acids is 3. The van der Waals surface area contributed by atoms with Crippen LogP contribution in [-0.4, -0.2) is 30.6 Å². The SMILES string of the molecule is CCOc1cc(C=NNC(=O)c2cccc(NC(=O)c3ccco3)c2)ccc1OC(=O)c1ccc(Br)cc1. The number of halogens is 1. The molecule has 0 saturated heterocycles. The number of esters is 1. The van der Waals surface area contributed by atoms with Crippen molar-refractivity contribution in [2.45, 2.75) is 6.92 Å². The average Bonchev–Trinajstić information content (AvgIpc) is 3.46. The Labute approximate surface area is 226 Å². The summed E-state index contributed by atoms with van der Waals surface area (Å²) in [4.78, 5) is 37.2. The van der Waals surface area contributed by atoms with Crippen LogP contribution in [0.1, 0.15) is 43.8 Å². The summed E-state index contributed by atoms with van der Waals surface area (Å²) >= 11 is 3.33. The quantitative estimate of drug-likeness (QED) is 0.115. The minimum atomic E-state index is -0.519. The Morgan fingerprint density at radius 3 is 2.47 bits per heavy atom. The van der Waals surface area contributed by atoms with Crippen molar-refractivity contribution in [3.8, 4) is 11.5 Å². The van der Waals surface area contributed by atoms with E-state index in [2.05, 4.69) is 31.8 Å². The number of rotatable bonds is 9. The zero-order valence-electron chi connectivity index (χ0n) is 20.1. The van der Waals surface area contributed by atoms with Crippen molar-refractivity contribution in [1.82, 2.24) is 5.43 Å². The number of nitrogens with one attached hydrogen (secondary N) is 2. The summed E-state index contributed by atoms with van der Waals surface area (Å²) in [5.74, 6) is -0.649. The van der Waals surface area contributed by atoms with Crippen molar-refractivity contribution in [2.24, 2.45) is 5.10 Å². The number of hydrogen-bond donors (Lipinski definition) is 2. The van der Waals surface area contributed by atoms with E-state index in [4.69, 9.17) is 13.9 Å². The molecule has 0 unspecified atom stereocenters. The number of carbonyl (C=O) groups is 3. The number of nitrogens with zero attached hydrogens (tertiary/aromatic N) is 1. The van der Waals surface area contributed by atoms with E-state index < -0.39 is 17.8 Å². The van der Waals surface area contributed by atoms with E-state index >= 15 is 0 Å². The Bertz CT molecular complexity index is 1470. The molecule has 2 N–H and O–H groups in total. The topological polar surface area (TPSA) is 119 Å². The van der Waals surface area contributed by atoms with Crippen LogP contribution in [0.25, 0.3) is 0 Å². The van der Waals surface area contributed by atoms with Gasteiger partial charge in [0.2, 0.25) is 0 Å². The van der Waals surface area contributed by atoms with E-state index in [0.717, 1.165) is 4.47 Å². The van der Waals surface area contributed by atoms with Gasteiger partial charge in [-0.3, -0.25) is 9.59 Å². The Morgan fingerprint density at radius 1 is 0.921 bits per heavy atom. The summed E-state index contributed by atoms with van der Waals surface area (Å²) in [6, 6.07) is 21.3. The summed E-state index contributed by atoms with van der Waals surface area (Å²) < 4.78 is 17.1. The maximum atomic E-state index is 12.6. The zero-order valence-corrected chi connectivity index (χ0v) is 21.7. The molecule has 38 heavy (non-hydrogen) atoms. The molecule has 3 aromatic carbocycles. The van der Waals surface area contributed by atoms with Crippen LogP contribution < -0.4 is 20.2 Å². The zero-order chi connectivity index (χ0) is 26.9. The number of benzene rings is 3. The largest absolute Gasteiger partial charge is 0.490 e. The maximum Gasteiger partial charge on any atom is 0.343 e. The predicted molar refractivity (Wildman–Crippen MR) is 145 cm³/mol. The maximum absolute atomic E-state index is 12.6. The van der Waals surface area contributed by atoms with Gasteiger partial charge in [-0.2, -0.15) is 5.10 Å².